The second-order valence-corrected chi connectivity index (χ2v) is 4.39. The Bertz CT molecular complexity index is 476. The summed E-state index contributed by atoms with van der Waals surface area (Å²) in [7, 11) is 0. The quantitative estimate of drug-likeness (QED) is 0.831. The molecule has 4 nitrogen and oxygen atoms in total. The summed E-state index contributed by atoms with van der Waals surface area (Å²) in [5.41, 5.74) is 2.24. The number of hydrogen-bond acceptors (Lipinski definition) is 3. The number of rotatable bonds is 1. The van der Waals surface area contributed by atoms with Gasteiger partial charge in [-0.1, -0.05) is 0 Å². The number of fused-ring (bicyclic) bond motifs is 1. The molecule has 1 aliphatic rings. The maximum atomic E-state index is 5.47. The number of nitrogens with one attached hydrogen (secondary N) is 2. The predicted octanol–water partition coefficient (Wildman–Crippen LogP) is 2.00. The third kappa shape index (κ3) is 1.42. The van der Waals surface area contributed by atoms with Crippen molar-refractivity contribution in [3.63, 3.8) is 0 Å². The zero-order valence-corrected chi connectivity index (χ0v) is 9.54. The number of furan rings is 1. The summed E-state index contributed by atoms with van der Waals surface area (Å²) in [6.07, 6.45) is 4.41. The maximum absolute atomic E-state index is 5.47. The summed E-state index contributed by atoms with van der Waals surface area (Å²) in [6, 6.07) is 1.96. The van der Waals surface area contributed by atoms with Gasteiger partial charge in [0.25, 0.3) is 0 Å². The van der Waals surface area contributed by atoms with Crippen LogP contribution in [0.4, 0.5) is 0 Å². The van der Waals surface area contributed by atoms with Crippen LogP contribution in [0.25, 0.3) is 0 Å². The second kappa shape index (κ2) is 3.50. The standard InChI is InChI=1S/C10H10BrN3O/c11-6-2-4-15-10(6)9-8-7(1-3-12-9)13-5-14-8/h2,4-5,9,12H,1,3H2,(H,13,14). The van der Waals surface area contributed by atoms with E-state index in [1.54, 1.807) is 12.6 Å². The van der Waals surface area contributed by atoms with Gasteiger partial charge in [0.1, 0.15) is 11.8 Å². The Labute approximate surface area is 95.2 Å². The van der Waals surface area contributed by atoms with Crippen LogP contribution in [0.15, 0.2) is 27.5 Å². The van der Waals surface area contributed by atoms with Crippen molar-refractivity contribution < 1.29 is 4.42 Å². The molecule has 2 N–H and O–H groups in total. The van der Waals surface area contributed by atoms with Crippen molar-refractivity contribution in [3.8, 4) is 0 Å². The number of aromatic nitrogens is 2. The molecule has 2 aromatic heterocycles. The molecule has 78 valence electrons. The lowest BCUT2D eigenvalue weighted by Gasteiger charge is -2.21. The summed E-state index contributed by atoms with van der Waals surface area (Å²) < 4.78 is 6.45. The van der Waals surface area contributed by atoms with Crippen LogP contribution in [0, 0.1) is 0 Å². The topological polar surface area (TPSA) is 53.9 Å². The third-order valence-electron chi connectivity index (χ3n) is 2.66. The Hall–Kier alpha value is -1.07. The van der Waals surface area contributed by atoms with E-state index in [0.717, 1.165) is 28.9 Å². The molecule has 0 radical (unpaired) electrons. The van der Waals surface area contributed by atoms with Crippen molar-refractivity contribution in [2.45, 2.75) is 12.5 Å². The summed E-state index contributed by atoms with van der Waals surface area (Å²) in [4.78, 5) is 7.50. The fourth-order valence-corrected chi connectivity index (χ4v) is 2.38. The van der Waals surface area contributed by atoms with E-state index >= 15 is 0 Å². The van der Waals surface area contributed by atoms with Crippen LogP contribution in [0.5, 0.6) is 0 Å². The zero-order chi connectivity index (χ0) is 10.3. The summed E-state index contributed by atoms with van der Waals surface area (Å²) >= 11 is 3.47. The van der Waals surface area contributed by atoms with Gasteiger partial charge in [0.2, 0.25) is 0 Å². The van der Waals surface area contributed by atoms with Crippen molar-refractivity contribution in [3.05, 3.63) is 40.3 Å². The molecule has 1 unspecified atom stereocenters. The average molecular weight is 268 g/mol. The highest BCUT2D eigenvalue weighted by atomic mass is 79.9. The number of H-pyrrole nitrogens is 1. The lowest BCUT2D eigenvalue weighted by Crippen LogP contribution is -2.30. The molecule has 0 bridgehead atoms. The van der Waals surface area contributed by atoms with Crippen LogP contribution in [-0.2, 0) is 6.42 Å². The van der Waals surface area contributed by atoms with Gasteiger partial charge in [0, 0.05) is 18.7 Å². The van der Waals surface area contributed by atoms with Crippen molar-refractivity contribution >= 4 is 15.9 Å². The molecule has 3 rings (SSSR count). The molecule has 0 aliphatic carbocycles. The van der Waals surface area contributed by atoms with E-state index in [9.17, 15) is 0 Å². The van der Waals surface area contributed by atoms with E-state index in [1.165, 1.54) is 5.69 Å². The van der Waals surface area contributed by atoms with Crippen molar-refractivity contribution in [1.82, 2.24) is 15.3 Å². The van der Waals surface area contributed by atoms with Crippen LogP contribution in [0.3, 0.4) is 0 Å². The second-order valence-electron chi connectivity index (χ2n) is 3.54. The molecule has 3 heterocycles. The Balaban J connectivity index is 2.07. The van der Waals surface area contributed by atoms with Crippen LogP contribution in [0.2, 0.25) is 0 Å². The van der Waals surface area contributed by atoms with Gasteiger partial charge in [-0.05, 0) is 22.0 Å². The van der Waals surface area contributed by atoms with Gasteiger partial charge in [-0.2, -0.15) is 0 Å². The van der Waals surface area contributed by atoms with E-state index in [-0.39, 0.29) is 6.04 Å². The van der Waals surface area contributed by atoms with Gasteiger partial charge >= 0.3 is 0 Å². The third-order valence-corrected chi connectivity index (χ3v) is 3.31. The van der Waals surface area contributed by atoms with E-state index in [1.807, 2.05) is 6.07 Å². The minimum absolute atomic E-state index is 0.0596. The molecule has 0 saturated heterocycles. The molecule has 0 aromatic carbocycles. The highest BCUT2D eigenvalue weighted by Crippen LogP contribution is 2.31. The highest BCUT2D eigenvalue weighted by Gasteiger charge is 2.27. The minimum Gasteiger partial charge on any atom is -0.466 e. The molecule has 5 heteroatoms. The summed E-state index contributed by atoms with van der Waals surface area (Å²) in [5, 5.41) is 3.40. The van der Waals surface area contributed by atoms with Crippen LogP contribution >= 0.6 is 15.9 Å². The number of imidazole rings is 1. The smallest absolute Gasteiger partial charge is 0.141 e. The first-order valence-corrected chi connectivity index (χ1v) is 5.64. The van der Waals surface area contributed by atoms with Crippen molar-refractivity contribution in [1.29, 1.82) is 0 Å². The minimum atomic E-state index is 0.0596. The number of aromatic amines is 1. The predicted molar refractivity (Wildman–Crippen MR) is 58.5 cm³/mol. The van der Waals surface area contributed by atoms with Gasteiger partial charge in [-0.25, -0.2) is 4.98 Å². The van der Waals surface area contributed by atoms with E-state index < -0.39 is 0 Å². The lowest BCUT2D eigenvalue weighted by molar-refractivity contribution is 0.428. The SMILES string of the molecule is Brc1ccoc1C1NCCc2[nH]cnc21. The van der Waals surface area contributed by atoms with Gasteiger partial charge in [-0.15, -0.1) is 0 Å². The summed E-state index contributed by atoms with van der Waals surface area (Å²) in [5.74, 6) is 0.892. The molecule has 15 heavy (non-hydrogen) atoms. The first-order valence-electron chi connectivity index (χ1n) is 4.84. The summed E-state index contributed by atoms with van der Waals surface area (Å²) in [6.45, 7) is 0.938. The molecule has 2 aromatic rings. The first kappa shape index (κ1) is 9.18. The maximum Gasteiger partial charge on any atom is 0.141 e. The first-order chi connectivity index (χ1) is 7.36. The van der Waals surface area contributed by atoms with E-state index in [2.05, 4.69) is 31.2 Å². The van der Waals surface area contributed by atoms with Gasteiger partial charge < -0.3 is 14.7 Å². The molecular weight excluding hydrogens is 258 g/mol. The van der Waals surface area contributed by atoms with Crippen LogP contribution in [0.1, 0.15) is 23.2 Å². The Kier molecular flexibility index (Phi) is 2.14. The number of halogens is 1. The monoisotopic (exact) mass is 267 g/mol. The normalized spacial score (nSPS) is 20.2. The largest absolute Gasteiger partial charge is 0.466 e. The van der Waals surface area contributed by atoms with E-state index in [0.29, 0.717) is 0 Å². The molecule has 0 saturated carbocycles. The fraction of sp³-hybridized carbons (Fsp3) is 0.300. The molecule has 0 amide bonds. The lowest BCUT2D eigenvalue weighted by atomic mass is 10.0. The molecule has 1 aliphatic heterocycles. The van der Waals surface area contributed by atoms with Gasteiger partial charge in [-0.3, -0.25) is 0 Å². The zero-order valence-electron chi connectivity index (χ0n) is 7.96. The molecular formula is C10H10BrN3O. The molecule has 0 fully saturated rings. The van der Waals surface area contributed by atoms with Crippen molar-refractivity contribution in [2.24, 2.45) is 0 Å². The van der Waals surface area contributed by atoms with Gasteiger partial charge in [0.15, 0.2) is 0 Å². The van der Waals surface area contributed by atoms with Gasteiger partial charge in [0.05, 0.1) is 22.8 Å². The van der Waals surface area contributed by atoms with Crippen LogP contribution in [-0.4, -0.2) is 16.5 Å². The van der Waals surface area contributed by atoms with Crippen LogP contribution < -0.4 is 5.32 Å². The number of nitrogens with zero attached hydrogens (tertiary/aromatic N) is 1. The Morgan fingerprint density at radius 3 is 3.27 bits per heavy atom. The average Bonchev–Trinajstić information content (AvgIpc) is 2.85. The molecule has 0 spiro atoms. The van der Waals surface area contributed by atoms with E-state index in [4.69, 9.17) is 4.42 Å². The highest BCUT2D eigenvalue weighted by molar-refractivity contribution is 9.10. The Morgan fingerprint density at radius 2 is 2.47 bits per heavy atom. The van der Waals surface area contributed by atoms with Crippen molar-refractivity contribution in [2.75, 3.05) is 6.54 Å². The fourth-order valence-electron chi connectivity index (χ4n) is 1.95. The Morgan fingerprint density at radius 1 is 1.53 bits per heavy atom. The molecule has 1 atom stereocenters. The number of hydrogen-bond donors (Lipinski definition) is 2.